The molecule has 3 atom stereocenters. The Morgan fingerprint density at radius 2 is 1.84 bits per heavy atom. The molecular weight excluding hydrogens is 438 g/mol. The van der Waals surface area contributed by atoms with Crippen molar-refractivity contribution in [2.45, 2.75) is 29.6 Å². The number of nitriles is 1. The molecule has 0 bridgehead atoms. The maximum Gasteiger partial charge on any atom is 0.116 e. The van der Waals surface area contributed by atoms with E-state index in [1.807, 2.05) is 36.4 Å². The highest BCUT2D eigenvalue weighted by atomic mass is 32.2. The SMILES string of the molecule is C[C@]1(c2ccc(O)cc2)CSc2cc(O)ccc2C1CS(=O)CCc1cccc(C#N)c1. The van der Waals surface area contributed by atoms with Crippen molar-refractivity contribution < 1.29 is 14.4 Å². The molecule has 164 valence electrons. The zero-order valence-electron chi connectivity index (χ0n) is 17.8. The van der Waals surface area contributed by atoms with E-state index in [2.05, 4.69) is 13.0 Å². The van der Waals surface area contributed by atoms with Crippen LogP contribution in [0, 0.1) is 11.3 Å². The number of phenolic OH excluding ortho intramolecular Hbond substituents is 2. The van der Waals surface area contributed by atoms with E-state index in [-0.39, 0.29) is 22.8 Å². The minimum absolute atomic E-state index is 0.00942. The van der Waals surface area contributed by atoms with E-state index in [0.29, 0.717) is 23.5 Å². The quantitative estimate of drug-likeness (QED) is 0.531. The predicted octanol–water partition coefficient (Wildman–Crippen LogP) is 5.11. The first kappa shape index (κ1) is 22.4. The van der Waals surface area contributed by atoms with Gasteiger partial charge < -0.3 is 10.2 Å². The third-order valence-corrected chi connectivity index (χ3v) is 9.00. The van der Waals surface area contributed by atoms with Gasteiger partial charge in [-0.25, -0.2) is 0 Å². The molecule has 1 heterocycles. The predicted molar refractivity (Wildman–Crippen MR) is 130 cm³/mol. The molecule has 2 N–H and O–H groups in total. The first-order chi connectivity index (χ1) is 15.4. The van der Waals surface area contributed by atoms with Crippen LogP contribution in [-0.4, -0.2) is 31.7 Å². The molecule has 0 aliphatic carbocycles. The summed E-state index contributed by atoms with van der Waals surface area (Å²) in [7, 11) is -1.07. The maximum absolute atomic E-state index is 13.2. The largest absolute Gasteiger partial charge is 0.508 e. The average Bonchev–Trinajstić information content (AvgIpc) is 2.80. The highest BCUT2D eigenvalue weighted by Crippen LogP contribution is 2.51. The summed E-state index contributed by atoms with van der Waals surface area (Å²) >= 11 is 1.70. The van der Waals surface area contributed by atoms with Gasteiger partial charge in [-0.1, -0.05) is 37.3 Å². The molecule has 0 aromatic heterocycles. The minimum atomic E-state index is -1.07. The van der Waals surface area contributed by atoms with Gasteiger partial charge in [0.05, 0.1) is 11.6 Å². The van der Waals surface area contributed by atoms with Gasteiger partial charge in [0.15, 0.2) is 0 Å². The lowest BCUT2D eigenvalue weighted by atomic mass is 9.70. The number of nitrogens with zero attached hydrogens (tertiary/aromatic N) is 1. The van der Waals surface area contributed by atoms with Gasteiger partial charge in [-0.2, -0.15) is 5.26 Å². The van der Waals surface area contributed by atoms with E-state index in [9.17, 15) is 14.4 Å². The minimum Gasteiger partial charge on any atom is -0.508 e. The first-order valence-corrected chi connectivity index (χ1v) is 13.0. The first-order valence-electron chi connectivity index (χ1n) is 10.5. The van der Waals surface area contributed by atoms with E-state index in [1.54, 1.807) is 42.1 Å². The number of hydrogen-bond donors (Lipinski definition) is 2. The fourth-order valence-corrected chi connectivity index (χ4v) is 7.26. The Balaban J connectivity index is 1.60. The number of thioether (sulfide) groups is 1. The number of phenols is 2. The van der Waals surface area contributed by atoms with Gasteiger partial charge in [0, 0.05) is 44.3 Å². The van der Waals surface area contributed by atoms with Crippen molar-refractivity contribution in [3.63, 3.8) is 0 Å². The molecule has 0 saturated heterocycles. The number of aromatic hydroxyl groups is 2. The lowest BCUT2D eigenvalue weighted by Gasteiger charge is -2.42. The van der Waals surface area contributed by atoms with Gasteiger partial charge >= 0.3 is 0 Å². The molecule has 0 amide bonds. The lowest BCUT2D eigenvalue weighted by molar-refractivity contribution is 0.430. The Hall–Kier alpha value is -2.75. The fourth-order valence-electron chi connectivity index (χ4n) is 4.31. The number of fused-ring (bicyclic) bond motifs is 1. The van der Waals surface area contributed by atoms with Crippen LogP contribution in [0.15, 0.2) is 71.6 Å². The van der Waals surface area contributed by atoms with Crippen molar-refractivity contribution in [1.29, 1.82) is 5.26 Å². The second kappa shape index (κ2) is 9.40. The number of hydrogen-bond acceptors (Lipinski definition) is 5. The fraction of sp³-hybridized carbons (Fsp3) is 0.269. The standard InChI is InChI=1S/C26H25NO3S2/c1-26(20-5-7-21(28)8-6-20)17-31-25-14-22(29)9-10-23(25)24(26)16-32(30)12-11-18-3-2-4-19(13-18)15-27/h2-10,13-14,24,28-29H,11-12,16-17H2,1H3/t24?,26-,32?/m1/s1. The molecule has 0 fully saturated rings. The van der Waals surface area contributed by atoms with Gasteiger partial charge in [0.1, 0.15) is 11.5 Å². The van der Waals surface area contributed by atoms with Crippen LogP contribution in [-0.2, 0) is 22.6 Å². The molecule has 3 aromatic rings. The highest BCUT2D eigenvalue weighted by Gasteiger charge is 2.42. The third-order valence-electron chi connectivity index (χ3n) is 6.22. The summed E-state index contributed by atoms with van der Waals surface area (Å²) in [6.45, 7) is 2.19. The molecule has 3 aromatic carbocycles. The normalized spacial score (nSPS) is 20.8. The molecule has 0 radical (unpaired) electrons. The Labute approximate surface area is 195 Å². The van der Waals surface area contributed by atoms with Crippen LogP contribution >= 0.6 is 11.8 Å². The Bertz CT molecular complexity index is 1190. The van der Waals surface area contributed by atoms with Gasteiger partial charge in [0.2, 0.25) is 0 Å². The van der Waals surface area contributed by atoms with Crippen LogP contribution in [0.5, 0.6) is 11.5 Å². The molecule has 2 unspecified atom stereocenters. The Morgan fingerprint density at radius 1 is 1.09 bits per heavy atom. The zero-order valence-corrected chi connectivity index (χ0v) is 19.5. The van der Waals surface area contributed by atoms with Crippen LogP contribution in [0.2, 0.25) is 0 Å². The smallest absolute Gasteiger partial charge is 0.116 e. The molecule has 1 aliphatic rings. The summed E-state index contributed by atoms with van der Waals surface area (Å²) in [6.07, 6.45) is 0.655. The third kappa shape index (κ3) is 4.69. The summed E-state index contributed by atoms with van der Waals surface area (Å²) in [5.41, 5.74) is 3.58. The van der Waals surface area contributed by atoms with Crippen molar-refractivity contribution in [2.75, 3.05) is 17.3 Å². The van der Waals surface area contributed by atoms with Crippen molar-refractivity contribution >= 4 is 22.6 Å². The molecule has 1 aliphatic heterocycles. The van der Waals surface area contributed by atoms with Gasteiger partial charge in [-0.05, 0) is 59.5 Å². The molecule has 32 heavy (non-hydrogen) atoms. The van der Waals surface area contributed by atoms with E-state index in [0.717, 1.165) is 27.3 Å². The topological polar surface area (TPSA) is 81.3 Å². The number of rotatable bonds is 6. The monoisotopic (exact) mass is 463 g/mol. The van der Waals surface area contributed by atoms with Crippen LogP contribution in [0.25, 0.3) is 0 Å². The van der Waals surface area contributed by atoms with Crippen LogP contribution in [0.3, 0.4) is 0 Å². The molecule has 0 spiro atoms. The summed E-state index contributed by atoms with van der Waals surface area (Å²) in [4.78, 5) is 1.03. The van der Waals surface area contributed by atoms with E-state index >= 15 is 0 Å². The molecule has 0 saturated carbocycles. The average molecular weight is 464 g/mol. The second-order valence-corrected chi connectivity index (χ2v) is 11.0. The molecule has 6 heteroatoms. The van der Waals surface area contributed by atoms with Crippen molar-refractivity contribution in [3.05, 3.63) is 89.0 Å². The van der Waals surface area contributed by atoms with E-state index in [4.69, 9.17) is 5.26 Å². The van der Waals surface area contributed by atoms with Crippen LogP contribution < -0.4 is 0 Å². The van der Waals surface area contributed by atoms with Crippen molar-refractivity contribution in [3.8, 4) is 17.6 Å². The van der Waals surface area contributed by atoms with E-state index in [1.165, 1.54) is 0 Å². The summed E-state index contributed by atoms with van der Waals surface area (Å²) in [5, 5.41) is 28.8. The van der Waals surface area contributed by atoms with E-state index < -0.39 is 10.8 Å². The molecule has 4 rings (SSSR count). The number of aryl methyl sites for hydroxylation is 1. The summed E-state index contributed by atoms with van der Waals surface area (Å²) in [5.74, 6) is 2.30. The van der Waals surface area contributed by atoms with Gasteiger partial charge in [0.25, 0.3) is 0 Å². The zero-order chi connectivity index (χ0) is 22.7. The Morgan fingerprint density at radius 3 is 2.59 bits per heavy atom. The lowest BCUT2D eigenvalue weighted by Crippen LogP contribution is -2.39. The molecular formula is C26H25NO3S2. The highest BCUT2D eigenvalue weighted by molar-refractivity contribution is 7.99. The maximum atomic E-state index is 13.2. The molecule has 4 nitrogen and oxygen atoms in total. The van der Waals surface area contributed by atoms with Crippen molar-refractivity contribution in [2.24, 2.45) is 0 Å². The summed E-state index contributed by atoms with van der Waals surface area (Å²) in [6, 6.07) is 22.4. The van der Waals surface area contributed by atoms with Crippen LogP contribution in [0.1, 0.15) is 35.1 Å². The van der Waals surface area contributed by atoms with Crippen LogP contribution in [0.4, 0.5) is 0 Å². The van der Waals surface area contributed by atoms with Gasteiger partial charge in [-0.3, -0.25) is 4.21 Å². The second-order valence-electron chi connectivity index (χ2n) is 8.40. The summed E-state index contributed by atoms with van der Waals surface area (Å²) < 4.78 is 13.2. The van der Waals surface area contributed by atoms with Crippen molar-refractivity contribution in [1.82, 2.24) is 0 Å². The van der Waals surface area contributed by atoms with Gasteiger partial charge in [-0.15, -0.1) is 11.8 Å². The Kier molecular flexibility index (Phi) is 6.59. The number of benzene rings is 3.